The highest BCUT2D eigenvalue weighted by Gasteiger charge is 2.02. The van der Waals surface area contributed by atoms with Crippen LogP contribution < -0.4 is 16.8 Å². The average Bonchev–Trinajstić information content (AvgIpc) is 2.43. The van der Waals surface area contributed by atoms with Gasteiger partial charge in [0.15, 0.2) is 0 Å². The van der Waals surface area contributed by atoms with Gasteiger partial charge < -0.3 is 16.8 Å². The number of nitrogens with zero attached hydrogens (tertiary/aromatic N) is 1. The van der Waals surface area contributed by atoms with Crippen LogP contribution in [0.25, 0.3) is 10.8 Å². The lowest BCUT2D eigenvalue weighted by molar-refractivity contribution is 1.36. The zero-order valence-electron chi connectivity index (χ0n) is 10.3. The van der Waals surface area contributed by atoms with Gasteiger partial charge in [-0.3, -0.25) is 4.98 Å². The zero-order chi connectivity index (χ0) is 13.2. The highest BCUT2D eigenvalue weighted by molar-refractivity contribution is 5.94. The molecule has 3 rings (SSSR count). The molecule has 1 heterocycles. The van der Waals surface area contributed by atoms with Crippen molar-refractivity contribution >= 4 is 33.5 Å². The van der Waals surface area contributed by atoms with E-state index in [9.17, 15) is 0 Å². The van der Waals surface area contributed by atoms with E-state index in [0.29, 0.717) is 11.4 Å². The first-order valence-electron chi connectivity index (χ1n) is 5.99. The molecule has 0 saturated carbocycles. The molecule has 0 unspecified atom stereocenters. The van der Waals surface area contributed by atoms with Gasteiger partial charge in [0.25, 0.3) is 0 Å². The molecule has 0 bridgehead atoms. The Morgan fingerprint density at radius 2 is 1.84 bits per heavy atom. The Hall–Kier alpha value is -2.75. The SMILES string of the molecule is Nc1ccc(Nc2cccc3ccncc23)cc1N. The van der Waals surface area contributed by atoms with E-state index < -0.39 is 0 Å². The van der Waals surface area contributed by atoms with Crippen LogP contribution in [0.1, 0.15) is 0 Å². The molecule has 0 fully saturated rings. The van der Waals surface area contributed by atoms with Gasteiger partial charge in [0, 0.05) is 29.2 Å². The van der Waals surface area contributed by atoms with Crippen molar-refractivity contribution in [2.75, 3.05) is 16.8 Å². The minimum Gasteiger partial charge on any atom is -0.397 e. The molecular formula is C15H14N4. The van der Waals surface area contributed by atoms with Gasteiger partial charge in [-0.25, -0.2) is 0 Å². The summed E-state index contributed by atoms with van der Waals surface area (Å²) in [5.74, 6) is 0. The molecule has 0 aliphatic carbocycles. The van der Waals surface area contributed by atoms with Crippen molar-refractivity contribution in [3.8, 4) is 0 Å². The topological polar surface area (TPSA) is 77.0 Å². The second kappa shape index (κ2) is 4.49. The van der Waals surface area contributed by atoms with Crippen molar-refractivity contribution in [1.82, 2.24) is 4.98 Å². The first-order valence-corrected chi connectivity index (χ1v) is 5.99. The van der Waals surface area contributed by atoms with Crippen LogP contribution in [0.15, 0.2) is 54.9 Å². The number of pyridine rings is 1. The standard InChI is InChI=1S/C15H14N4/c16-13-5-4-11(8-14(13)17)19-15-3-1-2-10-6-7-18-9-12(10)15/h1-9,19H,16-17H2. The summed E-state index contributed by atoms with van der Waals surface area (Å²) < 4.78 is 0. The Labute approximate surface area is 111 Å². The Kier molecular flexibility index (Phi) is 2.68. The summed E-state index contributed by atoms with van der Waals surface area (Å²) in [5.41, 5.74) is 14.6. The molecule has 94 valence electrons. The molecule has 0 spiro atoms. The van der Waals surface area contributed by atoms with Crippen molar-refractivity contribution in [2.24, 2.45) is 0 Å². The van der Waals surface area contributed by atoms with Gasteiger partial charge in [0.1, 0.15) is 0 Å². The molecule has 0 saturated heterocycles. The minimum absolute atomic E-state index is 0.573. The predicted molar refractivity (Wildman–Crippen MR) is 80.3 cm³/mol. The molecule has 2 aromatic carbocycles. The number of nitrogens with one attached hydrogen (secondary N) is 1. The molecule has 1 aromatic heterocycles. The third-order valence-electron chi connectivity index (χ3n) is 3.05. The van der Waals surface area contributed by atoms with E-state index in [2.05, 4.69) is 16.4 Å². The van der Waals surface area contributed by atoms with E-state index in [4.69, 9.17) is 11.5 Å². The monoisotopic (exact) mass is 250 g/mol. The van der Waals surface area contributed by atoms with Crippen LogP contribution >= 0.6 is 0 Å². The van der Waals surface area contributed by atoms with Gasteiger partial charge in [-0.15, -0.1) is 0 Å². The van der Waals surface area contributed by atoms with Gasteiger partial charge >= 0.3 is 0 Å². The van der Waals surface area contributed by atoms with Crippen molar-refractivity contribution < 1.29 is 0 Å². The lowest BCUT2D eigenvalue weighted by atomic mass is 10.1. The molecule has 0 amide bonds. The zero-order valence-corrected chi connectivity index (χ0v) is 10.3. The fourth-order valence-electron chi connectivity index (χ4n) is 2.03. The van der Waals surface area contributed by atoms with Crippen molar-refractivity contribution in [3.05, 3.63) is 54.9 Å². The quantitative estimate of drug-likeness (QED) is 0.611. The van der Waals surface area contributed by atoms with Gasteiger partial charge in [-0.05, 0) is 35.7 Å². The smallest absolute Gasteiger partial charge is 0.0568 e. The lowest BCUT2D eigenvalue weighted by Gasteiger charge is -2.10. The second-order valence-electron chi connectivity index (χ2n) is 4.37. The van der Waals surface area contributed by atoms with Crippen LogP contribution in [-0.4, -0.2) is 4.98 Å². The highest BCUT2D eigenvalue weighted by Crippen LogP contribution is 2.27. The third kappa shape index (κ3) is 2.15. The van der Waals surface area contributed by atoms with Crippen molar-refractivity contribution in [1.29, 1.82) is 0 Å². The van der Waals surface area contributed by atoms with Crippen molar-refractivity contribution in [2.45, 2.75) is 0 Å². The summed E-state index contributed by atoms with van der Waals surface area (Å²) in [5, 5.41) is 5.55. The largest absolute Gasteiger partial charge is 0.397 e. The van der Waals surface area contributed by atoms with Gasteiger partial charge in [-0.2, -0.15) is 0 Å². The van der Waals surface area contributed by atoms with Crippen LogP contribution in [0.4, 0.5) is 22.7 Å². The number of aromatic nitrogens is 1. The number of benzene rings is 2. The number of rotatable bonds is 2. The highest BCUT2D eigenvalue weighted by atomic mass is 14.9. The van der Waals surface area contributed by atoms with E-state index in [1.807, 2.05) is 36.5 Å². The van der Waals surface area contributed by atoms with Crippen molar-refractivity contribution in [3.63, 3.8) is 0 Å². The molecule has 0 aliphatic heterocycles. The fraction of sp³-hybridized carbons (Fsp3) is 0. The average molecular weight is 250 g/mol. The molecule has 3 aromatic rings. The molecule has 0 atom stereocenters. The second-order valence-corrected chi connectivity index (χ2v) is 4.37. The number of anilines is 4. The minimum atomic E-state index is 0.573. The molecule has 5 N–H and O–H groups in total. The summed E-state index contributed by atoms with van der Waals surface area (Å²) in [7, 11) is 0. The predicted octanol–water partition coefficient (Wildman–Crippen LogP) is 3.14. The first kappa shape index (κ1) is 11.3. The van der Waals surface area contributed by atoms with E-state index >= 15 is 0 Å². The number of nitrogens with two attached hydrogens (primary N) is 2. The number of nitrogen functional groups attached to an aromatic ring is 2. The summed E-state index contributed by atoms with van der Waals surface area (Å²) in [4.78, 5) is 4.16. The summed E-state index contributed by atoms with van der Waals surface area (Å²) >= 11 is 0. The van der Waals surface area contributed by atoms with Crippen LogP contribution in [-0.2, 0) is 0 Å². The van der Waals surface area contributed by atoms with Crippen LogP contribution in [0.2, 0.25) is 0 Å². The molecule has 4 nitrogen and oxygen atoms in total. The summed E-state index contributed by atoms with van der Waals surface area (Å²) in [6.07, 6.45) is 3.63. The maximum atomic E-state index is 5.81. The lowest BCUT2D eigenvalue weighted by Crippen LogP contribution is -1.97. The van der Waals surface area contributed by atoms with E-state index in [1.54, 1.807) is 12.3 Å². The van der Waals surface area contributed by atoms with E-state index in [-0.39, 0.29) is 0 Å². The normalized spacial score (nSPS) is 10.5. The van der Waals surface area contributed by atoms with Gasteiger partial charge in [-0.1, -0.05) is 12.1 Å². The Morgan fingerprint density at radius 3 is 2.68 bits per heavy atom. The fourth-order valence-corrected chi connectivity index (χ4v) is 2.03. The van der Waals surface area contributed by atoms with E-state index in [0.717, 1.165) is 22.1 Å². The Morgan fingerprint density at radius 1 is 0.947 bits per heavy atom. The molecule has 4 heteroatoms. The third-order valence-corrected chi connectivity index (χ3v) is 3.05. The van der Waals surface area contributed by atoms with Crippen LogP contribution in [0.5, 0.6) is 0 Å². The number of hydrogen-bond acceptors (Lipinski definition) is 4. The van der Waals surface area contributed by atoms with Crippen LogP contribution in [0.3, 0.4) is 0 Å². The van der Waals surface area contributed by atoms with Gasteiger partial charge in [0.2, 0.25) is 0 Å². The van der Waals surface area contributed by atoms with Crippen LogP contribution in [0, 0.1) is 0 Å². The van der Waals surface area contributed by atoms with Gasteiger partial charge in [0.05, 0.1) is 11.4 Å². The Bertz CT molecular complexity index is 732. The molecule has 0 aliphatic rings. The van der Waals surface area contributed by atoms with E-state index in [1.165, 1.54) is 0 Å². The number of hydrogen-bond donors (Lipinski definition) is 3. The molecule has 19 heavy (non-hydrogen) atoms. The number of fused-ring (bicyclic) bond motifs is 1. The Balaban J connectivity index is 2.03. The first-order chi connectivity index (χ1) is 9.24. The summed E-state index contributed by atoms with van der Waals surface area (Å²) in [6.45, 7) is 0. The summed E-state index contributed by atoms with van der Waals surface area (Å²) in [6, 6.07) is 13.6. The molecule has 0 radical (unpaired) electrons. The maximum Gasteiger partial charge on any atom is 0.0568 e. The maximum absolute atomic E-state index is 5.81. The molecular weight excluding hydrogens is 236 g/mol.